The van der Waals surface area contributed by atoms with E-state index in [9.17, 15) is 5.11 Å². The lowest BCUT2D eigenvalue weighted by molar-refractivity contribution is 0.430. The number of rotatable bonds is 2. The highest BCUT2D eigenvalue weighted by molar-refractivity contribution is 5.80. The highest BCUT2D eigenvalue weighted by Gasteiger charge is 2.15. The molecule has 0 saturated heterocycles. The number of phenols is 1. The number of para-hydroxylation sites is 1. The van der Waals surface area contributed by atoms with Gasteiger partial charge in [-0.05, 0) is 31.2 Å². The van der Waals surface area contributed by atoms with Crippen LogP contribution in [0.25, 0.3) is 33.9 Å². The first-order valence-corrected chi connectivity index (χ1v) is 7.21. The van der Waals surface area contributed by atoms with Gasteiger partial charge < -0.3 is 9.63 Å². The van der Waals surface area contributed by atoms with Gasteiger partial charge in [-0.1, -0.05) is 35.5 Å². The molecule has 4 rings (SSSR count). The lowest BCUT2D eigenvalue weighted by Gasteiger charge is -2.02. The fourth-order valence-electron chi connectivity index (χ4n) is 2.48. The molecule has 1 N–H and O–H groups in total. The van der Waals surface area contributed by atoms with E-state index in [0.717, 1.165) is 10.9 Å². The van der Waals surface area contributed by atoms with Gasteiger partial charge in [-0.3, -0.25) is 0 Å². The van der Waals surface area contributed by atoms with Crippen LogP contribution in [0.2, 0.25) is 0 Å². The molecule has 5 nitrogen and oxygen atoms in total. The van der Waals surface area contributed by atoms with Crippen molar-refractivity contribution in [3.63, 3.8) is 0 Å². The van der Waals surface area contributed by atoms with Gasteiger partial charge in [0.05, 0.1) is 5.52 Å². The Bertz CT molecular complexity index is 1010. The molecule has 0 atom stereocenters. The van der Waals surface area contributed by atoms with Crippen molar-refractivity contribution in [3.05, 3.63) is 60.2 Å². The Hall–Kier alpha value is -3.21. The molecule has 0 spiro atoms. The van der Waals surface area contributed by atoms with Crippen molar-refractivity contribution in [1.82, 2.24) is 15.1 Å². The third-order valence-electron chi connectivity index (χ3n) is 3.79. The van der Waals surface area contributed by atoms with Crippen LogP contribution in [0.1, 0.15) is 5.56 Å². The second-order valence-electron chi connectivity index (χ2n) is 5.26. The molecular formula is C18H13N3O2. The Morgan fingerprint density at radius 1 is 0.913 bits per heavy atom. The fourth-order valence-corrected chi connectivity index (χ4v) is 2.48. The number of fused-ring (bicyclic) bond motifs is 1. The summed E-state index contributed by atoms with van der Waals surface area (Å²) < 4.78 is 5.34. The summed E-state index contributed by atoms with van der Waals surface area (Å²) in [6.07, 6.45) is 0. The molecule has 2 aromatic heterocycles. The Morgan fingerprint density at radius 3 is 2.70 bits per heavy atom. The average molecular weight is 303 g/mol. The van der Waals surface area contributed by atoms with Gasteiger partial charge in [0.25, 0.3) is 5.89 Å². The van der Waals surface area contributed by atoms with E-state index in [0.29, 0.717) is 28.5 Å². The number of hydrogen-bond acceptors (Lipinski definition) is 5. The van der Waals surface area contributed by atoms with Crippen molar-refractivity contribution >= 4 is 10.9 Å². The molecule has 0 radical (unpaired) electrons. The SMILES string of the molecule is Cc1c(O)cccc1-c1nc(-c2ccc3ccccc3n2)no1. The van der Waals surface area contributed by atoms with E-state index in [4.69, 9.17) is 4.52 Å². The molecule has 0 aliphatic carbocycles. The Labute approximate surface area is 132 Å². The number of nitrogens with zero attached hydrogens (tertiary/aromatic N) is 3. The summed E-state index contributed by atoms with van der Waals surface area (Å²) in [6, 6.07) is 16.9. The van der Waals surface area contributed by atoms with Gasteiger partial charge >= 0.3 is 0 Å². The fraction of sp³-hybridized carbons (Fsp3) is 0.0556. The number of phenolic OH excluding ortho intramolecular Hbond substituents is 1. The van der Waals surface area contributed by atoms with Crippen LogP contribution >= 0.6 is 0 Å². The summed E-state index contributed by atoms with van der Waals surface area (Å²) in [5, 5.41) is 14.9. The van der Waals surface area contributed by atoms with Crippen LogP contribution in [0.4, 0.5) is 0 Å². The van der Waals surface area contributed by atoms with Gasteiger partial charge in [-0.25, -0.2) is 4.98 Å². The van der Waals surface area contributed by atoms with Crippen LogP contribution in [0, 0.1) is 6.92 Å². The smallest absolute Gasteiger partial charge is 0.258 e. The van der Waals surface area contributed by atoms with Crippen molar-refractivity contribution in [2.45, 2.75) is 6.92 Å². The van der Waals surface area contributed by atoms with Crippen LogP contribution in [-0.4, -0.2) is 20.2 Å². The second-order valence-corrected chi connectivity index (χ2v) is 5.26. The van der Waals surface area contributed by atoms with Crippen molar-refractivity contribution in [1.29, 1.82) is 0 Å². The highest BCUT2D eigenvalue weighted by atomic mass is 16.5. The molecule has 2 aromatic carbocycles. The van der Waals surface area contributed by atoms with E-state index in [-0.39, 0.29) is 5.75 Å². The lowest BCUT2D eigenvalue weighted by atomic mass is 10.1. The topological polar surface area (TPSA) is 72.0 Å². The van der Waals surface area contributed by atoms with Crippen LogP contribution < -0.4 is 0 Å². The predicted molar refractivity (Wildman–Crippen MR) is 86.9 cm³/mol. The third-order valence-corrected chi connectivity index (χ3v) is 3.79. The maximum atomic E-state index is 9.80. The number of pyridine rings is 1. The van der Waals surface area contributed by atoms with E-state index >= 15 is 0 Å². The summed E-state index contributed by atoms with van der Waals surface area (Å²) in [5.41, 5.74) is 2.94. The molecule has 112 valence electrons. The summed E-state index contributed by atoms with van der Waals surface area (Å²) in [5.74, 6) is 0.989. The normalized spacial score (nSPS) is 11.0. The maximum absolute atomic E-state index is 9.80. The minimum atomic E-state index is 0.200. The standard InChI is InChI=1S/C18H13N3O2/c1-11-13(6-4-8-16(11)22)18-20-17(21-23-18)15-10-9-12-5-2-3-7-14(12)19-15/h2-10,22H,1H3. The van der Waals surface area contributed by atoms with Crippen molar-refractivity contribution in [2.75, 3.05) is 0 Å². The van der Waals surface area contributed by atoms with Crippen molar-refractivity contribution in [3.8, 4) is 28.7 Å². The summed E-state index contributed by atoms with van der Waals surface area (Å²) in [4.78, 5) is 8.97. The monoisotopic (exact) mass is 303 g/mol. The molecule has 4 aromatic rings. The van der Waals surface area contributed by atoms with Crippen molar-refractivity contribution in [2.24, 2.45) is 0 Å². The van der Waals surface area contributed by atoms with Gasteiger partial charge in [-0.2, -0.15) is 4.98 Å². The minimum Gasteiger partial charge on any atom is -0.508 e. The van der Waals surface area contributed by atoms with Gasteiger partial charge in [0, 0.05) is 16.5 Å². The largest absolute Gasteiger partial charge is 0.508 e. The zero-order chi connectivity index (χ0) is 15.8. The summed E-state index contributed by atoms with van der Waals surface area (Å²) in [7, 11) is 0. The molecule has 23 heavy (non-hydrogen) atoms. The van der Waals surface area contributed by atoms with E-state index in [2.05, 4.69) is 15.1 Å². The van der Waals surface area contributed by atoms with Crippen LogP contribution in [0.15, 0.2) is 59.1 Å². The van der Waals surface area contributed by atoms with Gasteiger partial charge in [0.1, 0.15) is 11.4 Å². The second kappa shape index (κ2) is 5.21. The van der Waals surface area contributed by atoms with Crippen LogP contribution in [0.3, 0.4) is 0 Å². The number of hydrogen-bond donors (Lipinski definition) is 1. The minimum absolute atomic E-state index is 0.200. The third kappa shape index (κ3) is 2.32. The van der Waals surface area contributed by atoms with Crippen molar-refractivity contribution < 1.29 is 9.63 Å². The maximum Gasteiger partial charge on any atom is 0.258 e. The number of benzene rings is 2. The van der Waals surface area contributed by atoms with E-state index in [1.54, 1.807) is 12.1 Å². The average Bonchev–Trinajstić information content (AvgIpc) is 3.07. The molecule has 0 aliphatic heterocycles. The molecule has 2 heterocycles. The van der Waals surface area contributed by atoms with Gasteiger partial charge in [0.15, 0.2) is 0 Å². The molecule has 0 fully saturated rings. The Balaban J connectivity index is 1.78. The molecule has 0 aliphatic rings. The first kappa shape index (κ1) is 13.5. The zero-order valence-corrected chi connectivity index (χ0v) is 12.4. The first-order chi connectivity index (χ1) is 11.2. The molecular weight excluding hydrogens is 290 g/mol. The summed E-state index contributed by atoms with van der Waals surface area (Å²) in [6.45, 7) is 1.81. The molecule has 0 unspecified atom stereocenters. The van der Waals surface area contributed by atoms with Gasteiger partial charge in [-0.15, -0.1) is 0 Å². The number of aromatic hydroxyl groups is 1. The van der Waals surface area contributed by atoms with E-state index in [1.165, 1.54) is 0 Å². The highest BCUT2D eigenvalue weighted by Crippen LogP contribution is 2.29. The summed E-state index contributed by atoms with van der Waals surface area (Å²) >= 11 is 0. The quantitative estimate of drug-likeness (QED) is 0.606. The first-order valence-electron chi connectivity index (χ1n) is 7.21. The lowest BCUT2D eigenvalue weighted by Crippen LogP contribution is -1.88. The number of aromatic nitrogens is 3. The zero-order valence-electron chi connectivity index (χ0n) is 12.4. The Morgan fingerprint density at radius 2 is 1.78 bits per heavy atom. The molecule has 0 saturated carbocycles. The van der Waals surface area contributed by atoms with Crippen LogP contribution in [-0.2, 0) is 0 Å². The van der Waals surface area contributed by atoms with E-state index in [1.807, 2.05) is 49.4 Å². The Kier molecular flexibility index (Phi) is 3.05. The predicted octanol–water partition coefficient (Wildman–Crippen LogP) is 3.97. The van der Waals surface area contributed by atoms with Gasteiger partial charge in [0.2, 0.25) is 5.82 Å². The molecule has 5 heteroatoms. The van der Waals surface area contributed by atoms with E-state index < -0.39 is 0 Å². The molecule has 0 amide bonds. The van der Waals surface area contributed by atoms with Crippen LogP contribution in [0.5, 0.6) is 5.75 Å². The molecule has 0 bridgehead atoms.